The third kappa shape index (κ3) is 5.38. The van der Waals surface area contributed by atoms with E-state index in [1.807, 2.05) is 0 Å². The highest BCUT2D eigenvalue weighted by molar-refractivity contribution is 6.32. The van der Waals surface area contributed by atoms with Crippen molar-refractivity contribution in [2.45, 2.75) is 13.2 Å². The number of ether oxygens (including phenoxy) is 2. The van der Waals surface area contributed by atoms with E-state index in [1.165, 1.54) is 17.0 Å². The number of rotatable bonds is 7. The van der Waals surface area contributed by atoms with Gasteiger partial charge >= 0.3 is 6.61 Å². The zero-order valence-corrected chi connectivity index (χ0v) is 13.7. The Labute approximate surface area is 143 Å². The fourth-order valence-electron chi connectivity index (χ4n) is 1.95. The number of halogens is 3. The maximum absolute atomic E-state index is 12.1. The highest BCUT2D eigenvalue weighted by Crippen LogP contribution is 2.23. The number of amides is 1. The van der Waals surface area contributed by atoms with Gasteiger partial charge in [-0.1, -0.05) is 35.9 Å². The minimum Gasteiger partial charge on any atom is -0.482 e. The molecule has 0 aliphatic carbocycles. The minimum atomic E-state index is -2.86. The molecule has 0 radical (unpaired) electrons. The van der Waals surface area contributed by atoms with Crippen LogP contribution in [0.5, 0.6) is 11.5 Å². The van der Waals surface area contributed by atoms with Crippen LogP contribution in [0.2, 0.25) is 5.02 Å². The molecule has 0 atom stereocenters. The molecular formula is C17H16ClF2NO3. The average molecular weight is 356 g/mol. The Morgan fingerprint density at radius 1 is 1.17 bits per heavy atom. The van der Waals surface area contributed by atoms with E-state index in [2.05, 4.69) is 4.74 Å². The number of carbonyl (C=O) groups excluding carboxylic acids is 1. The van der Waals surface area contributed by atoms with Crippen LogP contribution in [0.25, 0.3) is 0 Å². The SMILES string of the molecule is CN(Cc1ccc(OC(F)F)cc1)C(=O)COc1ccccc1Cl. The lowest BCUT2D eigenvalue weighted by Crippen LogP contribution is -2.30. The smallest absolute Gasteiger partial charge is 0.387 e. The van der Waals surface area contributed by atoms with E-state index in [9.17, 15) is 13.6 Å². The summed E-state index contributed by atoms with van der Waals surface area (Å²) >= 11 is 5.95. The molecule has 0 bridgehead atoms. The third-order valence-corrected chi connectivity index (χ3v) is 3.49. The Hall–Kier alpha value is -2.34. The van der Waals surface area contributed by atoms with Gasteiger partial charge in [0.05, 0.1) is 5.02 Å². The summed E-state index contributed by atoms with van der Waals surface area (Å²) < 4.78 is 33.9. The first-order chi connectivity index (χ1) is 11.5. The van der Waals surface area contributed by atoms with Crippen LogP contribution in [-0.2, 0) is 11.3 Å². The summed E-state index contributed by atoms with van der Waals surface area (Å²) in [6.45, 7) is -2.69. The van der Waals surface area contributed by atoms with Crippen LogP contribution in [-0.4, -0.2) is 31.1 Å². The largest absolute Gasteiger partial charge is 0.482 e. The number of hydrogen-bond acceptors (Lipinski definition) is 3. The molecule has 0 saturated carbocycles. The molecule has 0 heterocycles. The highest BCUT2D eigenvalue weighted by atomic mass is 35.5. The molecule has 128 valence electrons. The van der Waals surface area contributed by atoms with Gasteiger partial charge in [0.25, 0.3) is 5.91 Å². The first-order valence-electron chi connectivity index (χ1n) is 7.11. The number of likely N-dealkylation sites (N-methyl/N-ethyl adjacent to an activating group) is 1. The Balaban J connectivity index is 1.86. The normalized spacial score (nSPS) is 10.5. The summed E-state index contributed by atoms with van der Waals surface area (Å²) in [6.07, 6.45) is 0. The molecule has 0 spiro atoms. The predicted octanol–water partition coefficient (Wildman–Crippen LogP) is 3.98. The van der Waals surface area contributed by atoms with Crippen molar-refractivity contribution in [1.82, 2.24) is 4.90 Å². The lowest BCUT2D eigenvalue weighted by atomic mass is 10.2. The molecule has 0 aliphatic heterocycles. The molecule has 1 amide bonds. The van der Waals surface area contributed by atoms with Crippen molar-refractivity contribution in [3.63, 3.8) is 0 Å². The van der Waals surface area contributed by atoms with Gasteiger partial charge in [0.1, 0.15) is 11.5 Å². The van der Waals surface area contributed by atoms with E-state index in [1.54, 1.807) is 43.4 Å². The number of nitrogens with zero attached hydrogens (tertiary/aromatic N) is 1. The molecule has 0 aromatic heterocycles. The van der Waals surface area contributed by atoms with Crippen molar-refractivity contribution in [2.75, 3.05) is 13.7 Å². The van der Waals surface area contributed by atoms with E-state index in [-0.39, 0.29) is 18.3 Å². The lowest BCUT2D eigenvalue weighted by Gasteiger charge is -2.18. The Kier molecular flexibility index (Phi) is 6.37. The van der Waals surface area contributed by atoms with Crippen LogP contribution in [0.3, 0.4) is 0 Å². The third-order valence-electron chi connectivity index (χ3n) is 3.18. The molecule has 0 aliphatic rings. The molecule has 0 unspecified atom stereocenters. The molecule has 2 aromatic carbocycles. The van der Waals surface area contributed by atoms with Crippen LogP contribution in [0.15, 0.2) is 48.5 Å². The molecule has 2 rings (SSSR count). The van der Waals surface area contributed by atoms with E-state index in [4.69, 9.17) is 16.3 Å². The van der Waals surface area contributed by atoms with Crippen molar-refractivity contribution in [3.8, 4) is 11.5 Å². The van der Waals surface area contributed by atoms with Crippen molar-refractivity contribution < 1.29 is 23.0 Å². The van der Waals surface area contributed by atoms with Gasteiger partial charge in [-0.3, -0.25) is 4.79 Å². The monoisotopic (exact) mass is 355 g/mol. The zero-order valence-electron chi connectivity index (χ0n) is 12.9. The highest BCUT2D eigenvalue weighted by Gasteiger charge is 2.12. The second kappa shape index (κ2) is 8.49. The molecule has 7 heteroatoms. The Morgan fingerprint density at radius 3 is 2.46 bits per heavy atom. The number of alkyl halides is 2. The summed E-state index contributed by atoms with van der Waals surface area (Å²) in [5.74, 6) is 0.280. The Morgan fingerprint density at radius 2 is 1.83 bits per heavy atom. The first-order valence-corrected chi connectivity index (χ1v) is 7.48. The number of carbonyl (C=O) groups is 1. The van der Waals surface area contributed by atoms with Gasteiger partial charge in [0.2, 0.25) is 0 Å². The molecule has 24 heavy (non-hydrogen) atoms. The quantitative estimate of drug-likeness (QED) is 0.754. The summed E-state index contributed by atoms with van der Waals surface area (Å²) in [4.78, 5) is 13.6. The number of benzene rings is 2. The molecule has 4 nitrogen and oxygen atoms in total. The summed E-state index contributed by atoms with van der Waals surface area (Å²) in [7, 11) is 1.63. The van der Waals surface area contributed by atoms with Crippen molar-refractivity contribution in [1.29, 1.82) is 0 Å². The molecular weight excluding hydrogens is 340 g/mol. The summed E-state index contributed by atoms with van der Waals surface area (Å²) in [5, 5.41) is 0.433. The van der Waals surface area contributed by atoms with Gasteiger partial charge in [-0.2, -0.15) is 8.78 Å². The summed E-state index contributed by atoms with van der Waals surface area (Å²) in [5.41, 5.74) is 0.783. The molecule has 0 fully saturated rings. The Bertz CT molecular complexity index is 680. The predicted molar refractivity (Wildman–Crippen MR) is 86.5 cm³/mol. The topological polar surface area (TPSA) is 38.8 Å². The standard InChI is InChI=1S/C17H16ClF2NO3/c1-21(10-12-6-8-13(9-7-12)24-17(19)20)16(22)11-23-15-5-3-2-4-14(15)18/h2-9,17H,10-11H2,1H3. The second-order valence-corrected chi connectivity index (χ2v) is 5.40. The molecule has 0 saturated heterocycles. The maximum Gasteiger partial charge on any atom is 0.387 e. The van der Waals surface area contributed by atoms with Crippen LogP contribution in [0.1, 0.15) is 5.56 Å². The van der Waals surface area contributed by atoms with Crippen molar-refractivity contribution in [2.24, 2.45) is 0 Å². The van der Waals surface area contributed by atoms with Gasteiger partial charge in [0.15, 0.2) is 6.61 Å². The van der Waals surface area contributed by atoms with Crippen LogP contribution < -0.4 is 9.47 Å². The van der Waals surface area contributed by atoms with Gasteiger partial charge in [0, 0.05) is 13.6 Å². The molecule has 0 N–H and O–H groups in total. The first kappa shape index (κ1) is 18.0. The van der Waals surface area contributed by atoms with Crippen molar-refractivity contribution >= 4 is 17.5 Å². The van der Waals surface area contributed by atoms with Crippen molar-refractivity contribution in [3.05, 3.63) is 59.1 Å². The van der Waals surface area contributed by atoms with Crippen LogP contribution in [0.4, 0.5) is 8.78 Å². The maximum atomic E-state index is 12.1. The van der Waals surface area contributed by atoms with E-state index < -0.39 is 6.61 Å². The van der Waals surface area contributed by atoms with Gasteiger partial charge < -0.3 is 14.4 Å². The van der Waals surface area contributed by atoms with Crippen LogP contribution >= 0.6 is 11.6 Å². The fraction of sp³-hybridized carbons (Fsp3) is 0.235. The van der Waals surface area contributed by atoms with Gasteiger partial charge in [-0.15, -0.1) is 0 Å². The zero-order chi connectivity index (χ0) is 17.5. The number of para-hydroxylation sites is 1. The fourth-order valence-corrected chi connectivity index (χ4v) is 2.14. The van der Waals surface area contributed by atoms with E-state index in [0.717, 1.165) is 5.56 Å². The van der Waals surface area contributed by atoms with Gasteiger partial charge in [-0.25, -0.2) is 0 Å². The van der Waals surface area contributed by atoms with E-state index >= 15 is 0 Å². The van der Waals surface area contributed by atoms with E-state index in [0.29, 0.717) is 17.3 Å². The summed E-state index contributed by atoms with van der Waals surface area (Å²) in [6, 6.07) is 13.0. The lowest BCUT2D eigenvalue weighted by molar-refractivity contribution is -0.132. The number of hydrogen-bond donors (Lipinski definition) is 0. The average Bonchev–Trinajstić information content (AvgIpc) is 2.55. The van der Waals surface area contributed by atoms with Crippen LogP contribution in [0, 0.1) is 0 Å². The van der Waals surface area contributed by atoms with Gasteiger partial charge in [-0.05, 0) is 29.8 Å². The minimum absolute atomic E-state index is 0.0739. The second-order valence-electron chi connectivity index (χ2n) is 4.99. The molecule has 2 aromatic rings.